The third-order valence-corrected chi connectivity index (χ3v) is 9.82. The van der Waals surface area contributed by atoms with Crippen molar-refractivity contribution in [2.24, 2.45) is 0 Å². The van der Waals surface area contributed by atoms with Gasteiger partial charge in [0.15, 0.2) is 17.5 Å². The van der Waals surface area contributed by atoms with Gasteiger partial charge in [0.1, 0.15) is 0 Å². The van der Waals surface area contributed by atoms with Gasteiger partial charge in [-0.3, -0.25) is 4.98 Å². The monoisotopic (exact) mass is 628 g/mol. The second-order valence-corrected chi connectivity index (χ2v) is 13.1. The SMILES string of the molecule is CC1(C)c2cccc(-c3nc(-c4ccc(-c5ccncc5)cc4)nc(-c4cccc(-c5ccccc5)c4)n3)c2-c2ccc3ccccc3c21. The predicted molar refractivity (Wildman–Crippen MR) is 200 cm³/mol. The minimum Gasteiger partial charge on any atom is -0.265 e. The van der Waals surface area contributed by atoms with Crippen LogP contribution in [0, 0.1) is 0 Å². The van der Waals surface area contributed by atoms with Crippen molar-refractivity contribution in [3.63, 3.8) is 0 Å². The summed E-state index contributed by atoms with van der Waals surface area (Å²) >= 11 is 0. The van der Waals surface area contributed by atoms with E-state index in [1.54, 1.807) is 0 Å². The Labute approximate surface area is 285 Å². The number of hydrogen-bond donors (Lipinski definition) is 0. The second-order valence-electron chi connectivity index (χ2n) is 13.1. The van der Waals surface area contributed by atoms with Crippen LogP contribution in [-0.4, -0.2) is 19.9 Å². The molecular formula is C45H32N4. The summed E-state index contributed by atoms with van der Waals surface area (Å²) in [5.41, 5.74) is 12.3. The normalized spacial score (nSPS) is 12.9. The van der Waals surface area contributed by atoms with Gasteiger partial charge in [-0.05, 0) is 73.5 Å². The predicted octanol–water partition coefficient (Wildman–Crippen LogP) is 11.1. The zero-order valence-corrected chi connectivity index (χ0v) is 27.3. The molecule has 0 bridgehead atoms. The fourth-order valence-electron chi connectivity index (χ4n) is 7.42. The number of rotatable bonds is 5. The first kappa shape index (κ1) is 28.9. The molecule has 0 amide bonds. The second kappa shape index (κ2) is 11.5. The van der Waals surface area contributed by atoms with E-state index in [2.05, 4.69) is 146 Å². The molecule has 4 nitrogen and oxygen atoms in total. The van der Waals surface area contributed by atoms with E-state index in [-0.39, 0.29) is 5.41 Å². The van der Waals surface area contributed by atoms with Crippen molar-refractivity contribution < 1.29 is 0 Å². The van der Waals surface area contributed by atoms with Gasteiger partial charge in [0.2, 0.25) is 0 Å². The Morgan fingerprint density at radius 1 is 0.429 bits per heavy atom. The van der Waals surface area contributed by atoms with Gasteiger partial charge >= 0.3 is 0 Å². The molecule has 2 heterocycles. The van der Waals surface area contributed by atoms with Crippen LogP contribution in [0.15, 0.2) is 158 Å². The summed E-state index contributed by atoms with van der Waals surface area (Å²) in [5.74, 6) is 1.95. The lowest BCUT2D eigenvalue weighted by Crippen LogP contribution is -2.15. The topological polar surface area (TPSA) is 51.6 Å². The molecule has 0 saturated carbocycles. The number of nitrogens with zero attached hydrogens (tertiary/aromatic N) is 4. The average Bonchev–Trinajstić information content (AvgIpc) is 3.42. The largest absolute Gasteiger partial charge is 0.265 e. The Kier molecular flexibility index (Phi) is 6.77. The minimum atomic E-state index is -0.187. The minimum absolute atomic E-state index is 0.187. The lowest BCUT2D eigenvalue weighted by Gasteiger charge is -2.23. The van der Waals surface area contributed by atoms with Gasteiger partial charge in [0.25, 0.3) is 0 Å². The van der Waals surface area contributed by atoms with Gasteiger partial charge in [-0.1, -0.05) is 141 Å². The van der Waals surface area contributed by atoms with E-state index >= 15 is 0 Å². The lowest BCUT2D eigenvalue weighted by atomic mass is 9.80. The summed E-state index contributed by atoms with van der Waals surface area (Å²) in [7, 11) is 0. The molecule has 0 spiro atoms. The lowest BCUT2D eigenvalue weighted by molar-refractivity contribution is 0.666. The van der Waals surface area contributed by atoms with Crippen LogP contribution in [0.5, 0.6) is 0 Å². The maximum absolute atomic E-state index is 5.23. The highest BCUT2D eigenvalue weighted by atomic mass is 15.0. The van der Waals surface area contributed by atoms with E-state index in [1.165, 1.54) is 33.0 Å². The van der Waals surface area contributed by atoms with E-state index in [0.29, 0.717) is 17.5 Å². The molecule has 6 aromatic carbocycles. The van der Waals surface area contributed by atoms with Crippen LogP contribution in [0.3, 0.4) is 0 Å². The first-order chi connectivity index (χ1) is 24.0. The first-order valence-corrected chi connectivity index (χ1v) is 16.6. The average molecular weight is 629 g/mol. The van der Waals surface area contributed by atoms with E-state index in [4.69, 9.17) is 15.0 Å². The van der Waals surface area contributed by atoms with Gasteiger partial charge in [-0.25, -0.2) is 15.0 Å². The smallest absolute Gasteiger partial charge is 0.164 e. The number of benzene rings is 6. The van der Waals surface area contributed by atoms with Crippen molar-refractivity contribution in [3.05, 3.63) is 169 Å². The van der Waals surface area contributed by atoms with Crippen molar-refractivity contribution in [3.8, 4) is 67.5 Å². The number of fused-ring (bicyclic) bond motifs is 5. The van der Waals surface area contributed by atoms with Crippen molar-refractivity contribution in [1.82, 2.24) is 19.9 Å². The van der Waals surface area contributed by atoms with Crippen molar-refractivity contribution in [2.45, 2.75) is 19.3 Å². The fraction of sp³-hybridized carbons (Fsp3) is 0.0667. The standard InChI is InChI=1S/C45H32N4/c1-45(2)39-17-9-16-38(40(39)37-23-22-32-12-6-7-15-36(32)41(37)45)44-48-42(33-20-18-30(19-21-33)31-24-26-46-27-25-31)47-43(49-44)35-14-8-13-34(28-35)29-10-4-3-5-11-29/h3-28H,1-2H3. The molecule has 0 fully saturated rings. The Morgan fingerprint density at radius 3 is 1.86 bits per heavy atom. The van der Waals surface area contributed by atoms with Gasteiger partial charge in [0.05, 0.1) is 0 Å². The van der Waals surface area contributed by atoms with Gasteiger partial charge < -0.3 is 0 Å². The van der Waals surface area contributed by atoms with E-state index in [1.807, 2.05) is 30.6 Å². The number of hydrogen-bond acceptors (Lipinski definition) is 4. The first-order valence-electron chi connectivity index (χ1n) is 16.6. The highest BCUT2D eigenvalue weighted by molar-refractivity contribution is 6.01. The summed E-state index contributed by atoms with van der Waals surface area (Å²) in [6.07, 6.45) is 3.63. The van der Waals surface area contributed by atoms with Crippen LogP contribution < -0.4 is 0 Å². The van der Waals surface area contributed by atoms with Gasteiger partial charge in [-0.15, -0.1) is 0 Å². The molecule has 0 atom stereocenters. The van der Waals surface area contributed by atoms with Crippen molar-refractivity contribution in [1.29, 1.82) is 0 Å². The van der Waals surface area contributed by atoms with Crippen molar-refractivity contribution in [2.75, 3.05) is 0 Å². The molecule has 232 valence electrons. The molecule has 8 aromatic rings. The third kappa shape index (κ3) is 4.92. The molecule has 2 aromatic heterocycles. The molecule has 0 N–H and O–H groups in total. The molecule has 4 heteroatoms. The Bertz CT molecular complexity index is 2500. The van der Waals surface area contributed by atoms with E-state index in [0.717, 1.165) is 38.9 Å². The third-order valence-electron chi connectivity index (χ3n) is 9.82. The fourth-order valence-corrected chi connectivity index (χ4v) is 7.42. The highest BCUT2D eigenvalue weighted by Crippen LogP contribution is 2.54. The van der Waals surface area contributed by atoms with Crippen LogP contribution in [0.4, 0.5) is 0 Å². The zero-order valence-electron chi connectivity index (χ0n) is 27.3. The van der Waals surface area contributed by atoms with Crippen LogP contribution in [0.1, 0.15) is 25.0 Å². The van der Waals surface area contributed by atoms with Crippen LogP contribution in [-0.2, 0) is 5.41 Å². The number of aromatic nitrogens is 4. The molecule has 1 aliphatic carbocycles. The summed E-state index contributed by atoms with van der Waals surface area (Å²) in [4.78, 5) is 19.7. The van der Waals surface area contributed by atoms with Crippen molar-refractivity contribution >= 4 is 10.8 Å². The maximum Gasteiger partial charge on any atom is 0.164 e. The molecule has 0 radical (unpaired) electrons. The Balaban J connectivity index is 1.25. The Morgan fingerprint density at radius 2 is 1.04 bits per heavy atom. The van der Waals surface area contributed by atoms with Gasteiger partial charge in [-0.2, -0.15) is 0 Å². The molecule has 49 heavy (non-hydrogen) atoms. The van der Waals surface area contributed by atoms with E-state index in [9.17, 15) is 0 Å². The number of pyridine rings is 1. The molecule has 0 unspecified atom stereocenters. The van der Waals surface area contributed by atoms with Gasteiger partial charge in [0, 0.05) is 34.5 Å². The summed E-state index contributed by atoms with van der Waals surface area (Å²) in [6.45, 7) is 4.66. The molecule has 0 saturated heterocycles. The molecule has 0 aliphatic heterocycles. The molecule has 1 aliphatic rings. The highest BCUT2D eigenvalue weighted by Gasteiger charge is 2.38. The molecular weight excluding hydrogens is 597 g/mol. The Hall–Kier alpha value is -6.26. The zero-order chi connectivity index (χ0) is 33.0. The summed E-state index contributed by atoms with van der Waals surface area (Å²) in [5, 5.41) is 2.54. The van der Waals surface area contributed by atoms with E-state index < -0.39 is 0 Å². The maximum atomic E-state index is 5.23. The van der Waals surface area contributed by atoms with Crippen LogP contribution in [0.2, 0.25) is 0 Å². The van der Waals surface area contributed by atoms with Crippen LogP contribution >= 0.6 is 0 Å². The summed E-state index contributed by atoms with van der Waals surface area (Å²) < 4.78 is 0. The quantitative estimate of drug-likeness (QED) is 0.190. The molecule has 9 rings (SSSR count). The van der Waals surface area contributed by atoms with Crippen LogP contribution in [0.25, 0.3) is 78.3 Å². The summed E-state index contributed by atoms with van der Waals surface area (Å²) in [6, 6.07) is 51.1.